The number of hydrogen-bond donors (Lipinski definition) is 0. The fourth-order valence-electron chi connectivity index (χ4n) is 4.45. The van der Waals surface area contributed by atoms with Crippen LogP contribution in [0.15, 0.2) is 41.6 Å². The molecule has 5 nitrogen and oxygen atoms in total. The third kappa shape index (κ3) is 2.71. The molecule has 1 unspecified atom stereocenters. The Kier molecular flexibility index (Phi) is 4.90. The normalized spacial score (nSPS) is 15.2. The summed E-state index contributed by atoms with van der Waals surface area (Å²) in [5, 5.41) is 14.5. The van der Waals surface area contributed by atoms with Crippen molar-refractivity contribution >= 4 is 5.69 Å². The van der Waals surface area contributed by atoms with Gasteiger partial charge in [0, 0.05) is 17.5 Å². The summed E-state index contributed by atoms with van der Waals surface area (Å²) in [7, 11) is 0. The molecule has 0 N–H and O–H groups in total. The van der Waals surface area contributed by atoms with Crippen LogP contribution in [0.25, 0.3) is 11.1 Å². The van der Waals surface area contributed by atoms with Gasteiger partial charge in [0.25, 0.3) is 5.69 Å². The molecule has 0 saturated heterocycles. The van der Waals surface area contributed by atoms with E-state index in [0.717, 1.165) is 47.9 Å². The van der Waals surface area contributed by atoms with Crippen LogP contribution in [0, 0.1) is 15.0 Å². The molecule has 3 rings (SSSR count). The maximum atomic E-state index is 11.3. The molecule has 5 heteroatoms. The molecular formula is C21H24N2O3. The summed E-state index contributed by atoms with van der Waals surface area (Å²) < 4.78 is 0. The van der Waals surface area contributed by atoms with Gasteiger partial charge in [0.2, 0.25) is 0 Å². The predicted molar refractivity (Wildman–Crippen MR) is 103 cm³/mol. The molecule has 0 spiro atoms. The largest absolute Gasteiger partial charge is 0.269 e. The van der Waals surface area contributed by atoms with Gasteiger partial charge in [-0.05, 0) is 53.6 Å². The molecule has 0 radical (unpaired) electrons. The van der Waals surface area contributed by atoms with Crippen molar-refractivity contribution in [3.63, 3.8) is 0 Å². The van der Waals surface area contributed by atoms with Gasteiger partial charge < -0.3 is 0 Å². The van der Waals surface area contributed by atoms with Gasteiger partial charge in [-0.1, -0.05) is 50.1 Å². The summed E-state index contributed by atoms with van der Waals surface area (Å²) in [5.41, 5.74) is 5.23. The van der Waals surface area contributed by atoms with E-state index in [9.17, 15) is 15.0 Å². The van der Waals surface area contributed by atoms with E-state index in [1.807, 2.05) is 18.2 Å². The molecule has 0 amide bonds. The Morgan fingerprint density at radius 1 is 1.04 bits per heavy atom. The van der Waals surface area contributed by atoms with E-state index in [2.05, 4.69) is 25.1 Å². The second-order valence-corrected chi connectivity index (χ2v) is 7.16. The third-order valence-electron chi connectivity index (χ3n) is 5.57. The molecule has 1 aliphatic carbocycles. The van der Waals surface area contributed by atoms with E-state index >= 15 is 0 Å². The first-order valence-corrected chi connectivity index (χ1v) is 9.24. The number of rotatable bonds is 7. The van der Waals surface area contributed by atoms with Crippen LogP contribution in [0.2, 0.25) is 0 Å². The van der Waals surface area contributed by atoms with Crippen molar-refractivity contribution in [2.75, 3.05) is 0 Å². The van der Waals surface area contributed by atoms with Gasteiger partial charge in [0.1, 0.15) is 6.04 Å². The zero-order valence-corrected chi connectivity index (χ0v) is 15.5. The van der Waals surface area contributed by atoms with Crippen molar-refractivity contribution in [2.45, 2.75) is 57.9 Å². The summed E-state index contributed by atoms with van der Waals surface area (Å²) in [6, 6.07) is 10.9. The van der Waals surface area contributed by atoms with Crippen LogP contribution in [0.4, 0.5) is 5.69 Å². The maximum absolute atomic E-state index is 11.3. The van der Waals surface area contributed by atoms with Crippen LogP contribution < -0.4 is 0 Å². The molecule has 0 fully saturated rings. The minimum Gasteiger partial charge on any atom is -0.258 e. The number of fused-ring (bicyclic) bond motifs is 3. The highest BCUT2D eigenvalue weighted by molar-refractivity contribution is 5.82. The maximum Gasteiger partial charge on any atom is 0.269 e. The van der Waals surface area contributed by atoms with Gasteiger partial charge in [-0.2, -0.15) is 4.91 Å². The lowest BCUT2D eigenvalue weighted by atomic mass is 9.71. The zero-order chi connectivity index (χ0) is 18.9. The van der Waals surface area contributed by atoms with Crippen LogP contribution in [-0.4, -0.2) is 4.92 Å². The Morgan fingerprint density at radius 2 is 1.62 bits per heavy atom. The Hall–Kier alpha value is -2.56. The molecule has 1 aliphatic rings. The first-order valence-electron chi connectivity index (χ1n) is 9.24. The number of nitrogens with zero attached hydrogens (tertiary/aromatic N) is 2. The highest BCUT2D eigenvalue weighted by Gasteiger charge is 2.42. The van der Waals surface area contributed by atoms with Crippen molar-refractivity contribution < 1.29 is 4.92 Å². The topological polar surface area (TPSA) is 72.6 Å². The Labute approximate surface area is 153 Å². The summed E-state index contributed by atoms with van der Waals surface area (Å²) >= 11 is 0. The second-order valence-electron chi connectivity index (χ2n) is 7.16. The minimum absolute atomic E-state index is 0.135. The number of nitro groups is 1. The molecular weight excluding hydrogens is 328 g/mol. The average Bonchev–Trinajstić information content (AvgIpc) is 2.91. The van der Waals surface area contributed by atoms with Gasteiger partial charge in [-0.15, -0.1) is 0 Å². The number of nitroso groups, excluding NO2 is 1. The van der Waals surface area contributed by atoms with Crippen LogP contribution in [0.5, 0.6) is 0 Å². The lowest BCUT2D eigenvalue weighted by Gasteiger charge is -2.32. The standard InChI is InChI=1S/C21H24N2O3/c1-4-10-21(11-5-2)19-12-15(14(3)22-24)6-8-17(19)18-9-7-16(23(25)26)13-20(18)21/h6-9,12-14H,4-5,10-11H2,1-3H3. The summed E-state index contributed by atoms with van der Waals surface area (Å²) in [5.74, 6) is 0. The van der Waals surface area contributed by atoms with Crippen LogP contribution >= 0.6 is 0 Å². The molecule has 26 heavy (non-hydrogen) atoms. The Bertz CT molecular complexity index is 854. The zero-order valence-electron chi connectivity index (χ0n) is 15.5. The molecule has 0 aliphatic heterocycles. The monoisotopic (exact) mass is 352 g/mol. The quantitative estimate of drug-likeness (QED) is 0.334. The molecule has 0 aromatic heterocycles. The second kappa shape index (κ2) is 6.98. The van der Waals surface area contributed by atoms with Crippen molar-refractivity contribution in [1.29, 1.82) is 0 Å². The van der Waals surface area contributed by atoms with E-state index in [-0.39, 0.29) is 16.0 Å². The highest BCUT2D eigenvalue weighted by atomic mass is 16.6. The van der Waals surface area contributed by atoms with Crippen molar-refractivity contribution in [3.8, 4) is 11.1 Å². The van der Waals surface area contributed by atoms with E-state index in [0.29, 0.717) is 0 Å². The molecule has 0 bridgehead atoms. The average molecular weight is 352 g/mol. The molecule has 1 atom stereocenters. The lowest BCUT2D eigenvalue weighted by Crippen LogP contribution is -2.25. The number of hydrogen-bond acceptors (Lipinski definition) is 4. The Balaban J connectivity index is 2.29. The first-order chi connectivity index (χ1) is 12.5. The SMILES string of the molecule is CCCC1(CCC)c2cc(C(C)N=O)ccc2-c2ccc([N+](=O)[O-])cc21. The summed E-state index contributed by atoms with van der Waals surface area (Å²) in [4.78, 5) is 22.0. The fraction of sp³-hybridized carbons (Fsp3) is 0.429. The molecule has 0 heterocycles. The molecule has 136 valence electrons. The molecule has 2 aromatic carbocycles. The first kappa shape index (κ1) is 18.2. The number of nitro benzene ring substituents is 1. The van der Waals surface area contributed by atoms with Crippen LogP contribution in [-0.2, 0) is 5.41 Å². The third-order valence-corrected chi connectivity index (χ3v) is 5.57. The molecule has 0 saturated carbocycles. The van der Waals surface area contributed by atoms with Crippen molar-refractivity contribution in [3.05, 3.63) is 68.1 Å². The lowest BCUT2D eigenvalue weighted by molar-refractivity contribution is -0.384. The van der Waals surface area contributed by atoms with Crippen molar-refractivity contribution in [2.24, 2.45) is 5.18 Å². The number of benzene rings is 2. The van der Waals surface area contributed by atoms with Gasteiger partial charge in [-0.25, -0.2) is 0 Å². The van der Waals surface area contributed by atoms with Gasteiger partial charge in [-0.3, -0.25) is 10.1 Å². The van der Waals surface area contributed by atoms with Crippen LogP contribution in [0.3, 0.4) is 0 Å². The fourth-order valence-corrected chi connectivity index (χ4v) is 4.45. The molecule has 2 aromatic rings. The smallest absolute Gasteiger partial charge is 0.258 e. The highest BCUT2D eigenvalue weighted by Crippen LogP contribution is 2.55. The van der Waals surface area contributed by atoms with E-state index in [1.54, 1.807) is 19.1 Å². The van der Waals surface area contributed by atoms with E-state index in [4.69, 9.17) is 0 Å². The van der Waals surface area contributed by atoms with Gasteiger partial charge in [0.05, 0.1) is 4.92 Å². The summed E-state index contributed by atoms with van der Waals surface area (Å²) in [6.07, 6.45) is 3.81. The van der Waals surface area contributed by atoms with Gasteiger partial charge in [0.15, 0.2) is 0 Å². The Morgan fingerprint density at radius 3 is 2.15 bits per heavy atom. The predicted octanol–water partition coefficient (Wildman–Crippen LogP) is 6.29. The van der Waals surface area contributed by atoms with E-state index < -0.39 is 6.04 Å². The van der Waals surface area contributed by atoms with Crippen molar-refractivity contribution in [1.82, 2.24) is 0 Å². The summed E-state index contributed by atoms with van der Waals surface area (Å²) in [6.45, 7) is 6.08. The number of non-ortho nitro benzene ring substituents is 1. The minimum atomic E-state index is -0.403. The van der Waals surface area contributed by atoms with Crippen LogP contribution in [0.1, 0.15) is 69.2 Å². The van der Waals surface area contributed by atoms with E-state index in [1.165, 1.54) is 5.56 Å². The van der Waals surface area contributed by atoms with Gasteiger partial charge >= 0.3 is 0 Å².